The van der Waals surface area contributed by atoms with E-state index in [2.05, 4.69) is 5.32 Å². The summed E-state index contributed by atoms with van der Waals surface area (Å²) in [6, 6.07) is 14.4. The number of rotatable bonds is 9. The third kappa shape index (κ3) is 6.43. The van der Waals surface area contributed by atoms with Crippen molar-refractivity contribution in [1.29, 1.82) is 0 Å². The molecule has 0 saturated carbocycles. The predicted octanol–water partition coefficient (Wildman–Crippen LogP) is 5.03. The third-order valence-corrected chi connectivity index (χ3v) is 5.96. The molecule has 4 nitrogen and oxygen atoms in total. The highest BCUT2D eigenvalue weighted by Crippen LogP contribution is 2.23. The van der Waals surface area contributed by atoms with Crippen LogP contribution in [0.4, 0.5) is 0 Å². The van der Waals surface area contributed by atoms with Gasteiger partial charge in [0.05, 0.1) is 0 Å². The van der Waals surface area contributed by atoms with E-state index in [-0.39, 0.29) is 11.8 Å². The Hall–Kier alpha value is -1.69. The predicted molar refractivity (Wildman–Crippen MR) is 117 cm³/mol. The molecule has 0 spiro atoms. The molecule has 2 aromatic rings. The quantitative estimate of drug-likeness (QED) is 0.558. The molecule has 0 aliphatic carbocycles. The Balaban J connectivity index is 2.10. The maximum Gasteiger partial charge on any atom is 0.242 e. The summed E-state index contributed by atoms with van der Waals surface area (Å²) >= 11 is 13.8. The van der Waals surface area contributed by atoms with E-state index in [1.807, 2.05) is 49.4 Å². The highest BCUT2D eigenvalue weighted by Gasteiger charge is 2.28. The van der Waals surface area contributed by atoms with Gasteiger partial charge in [-0.25, -0.2) is 0 Å². The Labute approximate surface area is 180 Å². The fraction of sp³-hybridized carbons (Fsp3) is 0.333. The highest BCUT2D eigenvalue weighted by molar-refractivity contribution is 7.99. The van der Waals surface area contributed by atoms with E-state index in [0.717, 1.165) is 10.5 Å². The van der Waals surface area contributed by atoms with Gasteiger partial charge in [-0.15, -0.1) is 11.8 Å². The number of carbonyl (C=O) groups excluding carboxylic acids is 2. The van der Waals surface area contributed by atoms with Gasteiger partial charge in [-0.3, -0.25) is 9.59 Å². The highest BCUT2D eigenvalue weighted by atomic mass is 35.5. The van der Waals surface area contributed by atoms with Gasteiger partial charge in [0, 0.05) is 40.7 Å². The summed E-state index contributed by atoms with van der Waals surface area (Å²) in [5.74, 6) is 0.369. The van der Waals surface area contributed by atoms with Crippen molar-refractivity contribution in [2.24, 2.45) is 0 Å². The van der Waals surface area contributed by atoms with E-state index in [9.17, 15) is 9.59 Å². The summed E-state index contributed by atoms with van der Waals surface area (Å²) in [5, 5.41) is 3.92. The average molecular weight is 439 g/mol. The first kappa shape index (κ1) is 22.6. The second-order valence-corrected chi connectivity index (χ2v) is 8.22. The molecule has 150 valence electrons. The molecule has 2 amide bonds. The van der Waals surface area contributed by atoms with E-state index in [4.69, 9.17) is 23.2 Å². The van der Waals surface area contributed by atoms with Gasteiger partial charge in [0.1, 0.15) is 6.04 Å². The monoisotopic (exact) mass is 438 g/mol. The Morgan fingerprint density at radius 3 is 2.39 bits per heavy atom. The standard InChI is InChI=1S/C21H24Cl2N2O2S/c1-3-19(21(27)24-2)25(14-15-6-4-5-7-18(15)23)20(26)12-13-28-17-10-8-16(22)9-11-17/h4-11,19H,3,12-14H2,1-2H3,(H,24,27)/t19-/m0/s1. The third-order valence-electron chi connectivity index (χ3n) is 4.33. The molecule has 0 heterocycles. The van der Waals surface area contributed by atoms with Gasteiger partial charge >= 0.3 is 0 Å². The van der Waals surface area contributed by atoms with E-state index in [1.165, 1.54) is 0 Å². The zero-order chi connectivity index (χ0) is 20.5. The Kier molecular flexibility index (Phi) is 9.16. The van der Waals surface area contributed by atoms with Crippen LogP contribution in [-0.2, 0) is 16.1 Å². The SMILES string of the molecule is CC[C@@H](C(=O)NC)N(Cc1ccccc1Cl)C(=O)CCSc1ccc(Cl)cc1. The van der Waals surface area contributed by atoms with Crippen LogP contribution in [0.15, 0.2) is 53.4 Å². The molecule has 2 aromatic carbocycles. The van der Waals surface area contributed by atoms with Crippen LogP contribution >= 0.6 is 35.0 Å². The lowest BCUT2D eigenvalue weighted by Gasteiger charge is -2.30. The molecular formula is C21H24Cl2N2O2S. The Bertz CT molecular complexity index is 799. The van der Waals surface area contributed by atoms with Crippen molar-refractivity contribution in [1.82, 2.24) is 10.2 Å². The Morgan fingerprint density at radius 1 is 1.11 bits per heavy atom. The number of amides is 2. The van der Waals surface area contributed by atoms with Crippen molar-refractivity contribution in [2.75, 3.05) is 12.8 Å². The molecule has 0 bridgehead atoms. The number of likely N-dealkylation sites (N-methyl/N-ethyl adjacent to an activating group) is 1. The summed E-state index contributed by atoms with van der Waals surface area (Å²) in [6.45, 7) is 2.20. The number of carbonyl (C=O) groups is 2. The van der Waals surface area contributed by atoms with Crippen LogP contribution in [0, 0.1) is 0 Å². The molecule has 28 heavy (non-hydrogen) atoms. The second kappa shape index (κ2) is 11.3. The number of benzene rings is 2. The first-order chi connectivity index (χ1) is 13.5. The minimum atomic E-state index is -0.533. The van der Waals surface area contributed by atoms with Crippen LogP contribution in [0.5, 0.6) is 0 Å². The maximum atomic E-state index is 13.0. The first-order valence-electron chi connectivity index (χ1n) is 9.09. The van der Waals surface area contributed by atoms with Gasteiger partial charge in [0.2, 0.25) is 11.8 Å². The number of nitrogens with one attached hydrogen (secondary N) is 1. The average Bonchev–Trinajstić information content (AvgIpc) is 2.70. The lowest BCUT2D eigenvalue weighted by Crippen LogP contribution is -2.48. The molecule has 0 unspecified atom stereocenters. The molecule has 0 aromatic heterocycles. The molecule has 2 rings (SSSR count). The van der Waals surface area contributed by atoms with E-state index in [1.54, 1.807) is 29.8 Å². The van der Waals surface area contributed by atoms with Crippen molar-refractivity contribution in [2.45, 2.75) is 37.2 Å². The molecule has 1 atom stereocenters. The zero-order valence-corrected chi connectivity index (χ0v) is 18.3. The van der Waals surface area contributed by atoms with Gasteiger partial charge in [0.25, 0.3) is 0 Å². The molecule has 0 radical (unpaired) electrons. The van der Waals surface area contributed by atoms with Crippen LogP contribution in [0.2, 0.25) is 10.0 Å². The van der Waals surface area contributed by atoms with Crippen molar-refractivity contribution in [3.05, 3.63) is 64.1 Å². The van der Waals surface area contributed by atoms with Crippen molar-refractivity contribution < 1.29 is 9.59 Å². The number of halogens is 2. The number of hydrogen-bond acceptors (Lipinski definition) is 3. The lowest BCUT2D eigenvalue weighted by atomic mass is 10.1. The normalized spacial score (nSPS) is 11.7. The maximum absolute atomic E-state index is 13.0. The molecule has 1 N–H and O–H groups in total. The molecule has 0 fully saturated rings. The van der Waals surface area contributed by atoms with Gasteiger partial charge in [-0.1, -0.05) is 48.3 Å². The fourth-order valence-corrected chi connectivity index (χ4v) is 3.99. The van der Waals surface area contributed by atoms with Gasteiger partial charge in [-0.05, 0) is 42.3 Å². The molecule has 0 aliphatic rings. The minimum Gasteiger partial charge on any atom is -0.357 e. The van der Waals surface area contributed by atoms with Crippen LogP contribution in [0.1, 0.15) is 25.3 Å². The van der Waals surface area contributed by atoms with E-state index in [0.29, 0.717) is 35.2 Å². The molecule has 0 saturated heterocycles. The number of hydrogen-bond donors (Lipinski definition) is 1. The summed E-state index contributed by atoms with van der Waals surface area (Å²) in [5.41, 5.74) is 0.824. The zero-order valence-electron chi connectivity index (χ0n) is 16.0. The van der Waals surface area contributed by atoms with Gasteiger partial charge < -0.3 is 10.2 Å². The van der Waals surface area contributed by atoms with Crippen LogP contribution in [-0.4, -0.2) is 35.6 Å². The number of nitrogens with zero attached hydrogens (tertiary/aromatic N) is 1. The number of thioether (sulfide) groups is 1. The second-order valence-electron chi connectivity index (χ2n) is 6.20. The summed E-state index contributed by atoms with van der Waals surface area (Å²) in [4.78, 5) is 28.0. The van der Waals surface area contributed by atoms with Gasteiger partial charge in [0.15, 0.2) is 0 Å². The van der Waals surface area contributed by atoms with E-state index < -0.39 is 6.04 Å². The largest absolute Gasteiger partial charge is 0.357 e. The van der Waals surface area contributed by atoms with Crippen molar-refractivity contribution in [3.8, 4) is 0 Å². The van der Waals surface area contributed by atoms with Crippen LogP contribution in [0.25, 0.3) is 0 Å². The summed E-state index contributed by atoms with van der Waals surface area (Å²) in [6.07, 6.45) is 0.853. The first-order valence-corrected chi connectivity index (χ1v) is 10.8. The van der Waals surface area contributed by atoms with Crippen molar-refractivity contribution >= 4 is 46.8 Å². The summed E-state index contributed by atoms with van der Waals surface area (Å²) in [7, 11) is 1.58. The fourth-order valence-electron chi connectivity index (χ4n) is 2.83. The molecule has 0 aliphatic heterocycles. The van der Waals surface area contributed by atoms with E-state index >= 15 is 0 Å². The van der Waals surface area contributed by atoms with Gasteiger partial charge in [-0.2, -0.15) is 0 Å². The minimum absolute atomic E-state index is 0.0724. The molecular weight excluding hydrogens is 415 g/mol. The van der Waals surface area contributed by atoms with Crippen LogP contribution in [0.3, 0.4) is 0 Å². The lowest BCUT2D eigenvalue weighted by molar-refractivity contribution is -0.140. The van der Waals surface area contributed by atoms with Crippen molar-refractivity contribution in [3.63, 3.8) is 0 Å². The topological polar surface area (TPSA) is 49.4 Å². The molecule has 7 heteroatoms. The summed E-state index contributed by atoms with van der Waals surface area (Å²) < 4.78 is 0. The smallest absolute Gasteiger partial charge is 0.242 e. The Morgan fingerprint density at radius 2 is 1.79 bits per heavy atom. The van der Waals surface area contributed by atoms with Crippen LogP contribution < -0.4 is 5.32 Å².